The molecule has 1 N–H and O–H groups in total. The molecule has 1 heterocycles. The summed E-state index contributed by atoms with van der Waals surface area (Å²) in [5.74, 6) is -0.953. The molecule has 0 radical (unpaired) electrons. The predicted molar refractivity (Wildman–Crippen MR) is 102 cm³/mol. The minimum atomic E-state index is -0.898. The Hall–Kier alpha value is -3.23. The molecule has 0 aliphatic carbocycles. The van der Waals surface area contributed by atoms with Crippen molar-refractivity contribution in [2.75, 3.05) is 0 Å². The van der Waals surface area contributed by atoms with E-state index in [4.69, 9.17) is 4.74 Å². The van der Waals surface area contributed by atoms with Crippen LogP contribution in [-0.2, 0) is 16.1 Å². The number of aryl methyl sites for hydroxylation is 1. The zero-order valence-electron chi connectivity index (χ0n) is 16.6. The Morgan fingerprint density at radius 1 is 1.21 bits per heavy atom. The number of nitrogens with zero attached hydrogens (tertiary/aromatic N) is 3. The van der Waals surface area contributed by atoms with Gasteiger partial charge in [-0.3, -0.25) is 19.6 Å². The topological polar surface area (TPSA) is 116 Å². The van der Waals surface area contributed by atoms with Gasteiger partial charge in [-0.15, -0.1) is 0 Å². The van der Waals surface area contributed by atoms with E-state index < -0.39 is 17.0 Å². The van der Waals surface area contributed by atoms with Gasteiger partial charge in [0, 0.05) is 6.04 Å². The molecule has 0 unspecified atom stereocenters. The van der Waals surface area contributed by atoms with Crippen LogP contribution in [0.2, 0.25) is 0 Å². The van der Waals surface area contributed by atoms with Crippen molar-refractivity contribution in [1.82, 2.24) is 15.1 Å². The lowest BCUT2D eigenvalue weighted by molar-refractivity contribution is -0.386. The van der Waals surface area contributed by atoms with Crippen molar-refractivity contribution in [2.24, 2.45) is 0 Å². The molecule has 0 saturated carbocycles. The van der Waals surface area contributed by atoms with Gasteiger partial charge in [0.1, 0.15) is 11.4 Å². The lowest BCUT2D eigenvalue weighted by atomic mass is 10.1. The third-order valence-electron chi connectivity index (χ3n) is 4.13. The van der Waals surface area contributed by atoms with Gasteiger partial charge >= 0.3 is 11.7 Å². The van der Waals surface area contributed by atoms with Gasteiger partial charge in [-0.1, -0.05) is 12.1 Å². The summed E-state index contributed by atoms with van der Waals surface area (Å²) in [6.45, 7) is 8.73. The molecular weight excluding hydrogens is 364 g/mol. The first-order valence-electron chi connectivity index (χ1n) is 8.88. The zero-order chi connectivity index (χ0) is 21.0. The van der Waals surface area contributed by atoms with Crippen LogP contribution in [0.4, 0.5) is 5.69 Å². The Bertz CT molecular complexity index is 886. The van der Waals surface area contributed by atoms with Crippen LogP contribution in [0.5, 0.6) is 0 Å². The molecule has 150 valence electrons. The standard InChI is InChI=1S/C19H24N4O5/c1-11(2)20-18(24)14(5)28-19(25)16-8-6-15(7-9-16)10-22-13(4)17(23(26)27)12(3)21-22/h6-9,11,14H,10H2,1-5H3,(H,20,24)/t14-/m0/s1. The number of ether oxygens (including phenoxy) is 1. The molecule has 0 bridgehead atoms. The molecule has 0 saturated heterocycles. The zero-order valence-corrected chi connectivity index (χ0v) is 16.6. The van der Waals surface area contributed by atoms with Crippen LogP contribution >= 0.6 is 0 Å². The second-order valence-corrected chi connectivity index (χ2v) is 6.84. The smallest absolute Gasteiger partial charge is 0.338 e. The third kappa shape index (κ3) is 4.93. The van der Waals surface area contributed by atoms with Crippen LogP contribution in [-0.4, -0.2) is 38.7 Å². The first-order chi connectivity index (χ1) is 13.1. The van der Waals surface area contributed by atoms with Crippen LogP contribution < -0.4 is 5.32 Å². The maximum absolute atomic E-state index is 12.2. The SMILES string of the molecule is Cc1nn(Cc2ccc(C(=O)O[C@@H](C)C(=O)NC(C)C)cc2)c(C)c1[N+](=O)[O-]. The van der Waals surface area contributed by atoms with Crippen molar-refractivity contribution in [2.45, 2.75) is 53.3 Å². The number of carbonyl (C=O) groups is 2. The molecule has 28 heavy (non-hydrogen) atoms. The highest BCUT2D eigenvalue weighted by Gasteiger charge is 2.22. The molecule has 9 nitrogen and oxygen atoms in total. The molecule has 1 amide bonds. The van der Waals surface area contributed by atoms with E-state index in [2.05, 4.69) is 10.4 Å². The average molecular weight is 388 g/mol. The Labute approximate surface area is 162 Å². The number of aromatic nitrogens is 2. The monoisotopic (exact) mass is 388 g/mol. The first-order valence-corrected chi connectivity index (χ1v) is 8.88. The second-order valence-electron chi connectivity index (χ2n) is 6.84. The van der Waals surface area contributed by atoms with Crippen molar-refractivity contribution in [3.63, 3.8) is 0 Å². The van der Waals surface area contributed by atoms with Crippen LogP contribution in [0.1, 0.15) is 48.1 Å². The summed E-state index contributed by atoms with van der Waals surface area (Å²) in [4.78, 5) is 34.7. The molecule has 0 aliphatic heterocycles. The molecule has 1 atom stereocenters. The summed E-state index contributed by atoms with van der Waals surface area (Å²) >= 11 is 0. The van der Waals surface area contributed by atoms with Crippen LogP contribution in [0.15, 0.2) is 24.3 Å². The van der Waals surface area contributed by atoms with Crippen molar-refractivity contribution in [1.29, 1.82) is 0 Å². The minimum absolute atomic E-state index is 0.00820. The summed E-state index contributed by atoms with van der Waals surface area (Å²) < 4.78 is 6.73. The van der Waals surface area contributed by atoms with Gasteiger partial charge in [0.05, 0.1) is 17.0 Å². The van der Waals surface area contributed by atoms with E-state index in [0.29, 0.717) is 23.5 Å². The molecule has 1 aromatic carbocycles. The molecule has 9 heteroatoms. The van der Waals surface area contributed by atoms with E-state index in [-0.39, 0.29) is 17.6 Å². The number of carbonyl (C=O) groups excluding carboxylic acids is 2. The highest BCUT2D eigenvalue weighted by Crippen LogP contribution is 2.22. The number of nitrogens with one attached hydrogen (secondary N) is 1. The normalized spacial score (nSPS) is 11.9. The minimum Gasteiger partial charge on any atom is -0.449 e. The lowest BCUT2D eigenvalue weighted by Crippen LogP contribution is -2.39. The summed E-state index contributed by atoms with van der Waals surface area (Å²) in [6, 6.07) is 6.57. The number of rotatable bonds is 7. The summed E-state index contributed by atoms with van der Waals surface area (Å²) in [5.41, 5.74) is 1.97. The van der Waals surface area contributed by atoms with Crippen molar-refractivity contribution < 1.29 is 19.2 Å². The van der Waals surface area contributed by atoms with Crippen molar-refractivity contribution >= 4 is 17.6 Å². The molecule has 1 aromatic heterocycles. The van der Waals surface area contributed by atoms with Gasteiger partial charge in [-0.05, 0) is 52.3 Å². The summed E-state index contributed by atoms with van der Waals surface area (Å²) in [6.07, 6.45) is -0.898. The fourth-order valence-electron chi connectivity index (χ4n) is 2.71. The molecule has 2 rings (SSSR count). The van der Waals surface area contributed by atoms with Crippen LogP contribution in [0, 0.1) is 24.0 Å². The fraction of sp³-hybridized carbons (Fsp3) is 0.421. The Balaban J connectivity index is 2.05. The number of benzene rings is 1. The Kier molecular flexibility index (Phi) is 6.50. The van der Waals surface area contributed by atoms with Crippen LogP contribution in [0.3, 0.4) is 0 Å². The van der Waals surface area contributed by atoms with Crippen LogP contribution in [0.25, 0.3) is 0 Å². The predicted octanol–water partition coefficient (Wildman–Crippen LogP) is 2.53. The van der Waals surface area contributed by atoms with Crippen molar-refractivity contribution in [3.8, 4) is 0 Å². The lowest BCUT2D eigenvalue weighted by Gasteiger charge is -2.15. The van der Waals surface area contributed by atoms with E-state index in [9.17, 15) is 19.7 Å². The van der Waals surface area contributed by atoms with Gasteiger partial charge in [-0.2, -0.15) is 5.10 Å². The molecule has 0 fully saturated rings. The maximum atomic E-state index is 12.2. The summed E-state index contributed by atoms with van der Waals surface area (Å²) in [7, 11) is 0. The molecule has 0 spiro atoms. The van der Waals surface area contributed by atoms with E-state index in [0.717, 1.165) is 5.56 Å². The van der Waals surface area contributed by atoms with Gasteiger partial charge in [0.15, 0.2) is 6.10 Å². The summed E-state index contributed by atoms with van der Waals surface area (Å²) in [5, 5.41) is 18.0. The highest BCUT2D eigenvalue weighted by atomic mass is 16.6. The fourth-order valence-corrected chi connectivity index (χ4v) is 2.71. The van der Waals surface area contributed by atoms with Crippen molar-refractivity contribution in [3.05, 3.63) is 56.9 Å². The number of hydrogen-bond acceptors (Lipinski definition) is 6. The van der Waals surface area contributed by atoms with Gasteiger partial charge in [0.25, 0.3) is 5.91 Å². The third-order valence-corrected chi connectivity index (χ3v) is 4.13. The quantitative estimate of drug-likeness (QED) is 0.443. The number of hydrogen-bond donors (Lipinski definition) is 1. The largest absolute Gasteiger partial charge is 0.449 e. The van der Waals surface area contributed by atoms with E-state index in [1.165, 1.54) is 6.92 Å². The Morgan fingerprint density at radius 2 is 1.82 bits per heavy atom. The number of esters is 1. The van der Waals surface area contributed by atoms with Gasteiger partial charge in [0.2, 0.25) is 0 Å². The molecular formula is C19H24N4O5. The second kappa shape index (κ2) is 8.64. The number of amides is 1. The Morgan fingerprint density at radius 3 is 2.32 bits per heavy atom. The van der Waals surface area contributed by atoms with Gasteiger partial charge < -0.3 is 10.1 Å². The van der Waals surface area contributed by atoms with E-state index in [1.807, 2.05) is 13.8 Å². The number of nitro groups is 1. The highest BCUT2D eigenvalue weighted by molar-refractivity contribution is 5.92. The first kappa shape index (κ1) is 21.1. The molecule has 2 aromatic rings. The maximum Gasteiger partial charge on any atom is 0.338 e. The van der Waals surface area contributed by atoms with Gasteiger partial charge in [-0.25, -0.2) is 4.79 Å². The van der Waals surface area contributed by atoms with E-state index >= 15 is 0 Å². The molecule has 0 aliphatic rings. The average Bonchev–Trinajstić information content (AvgIpc) is 2.88. The van der Waals surface area contributed by atoms with E-state index in [1.54, 1.807) is 42.8 Å².